The quantitative estimate of drug-likeness (QED) is 0.670. The minimum Gasteiger partial charge on any atom is -0.370 e. The molecular weight excluding hydrogens is 322 g/mol. The third-order valence-corrected chi connectivity index (χ3v) is 7.76. The van der Waals surface area contributed by atoms with Gasteiger partial charge in [0, 0.05) is 35.4 Å². The number of allylic oxidation sites excluding steroid dienone is 3. The number of nitrogens with one attached hydrogen (secondary N) is 3. The van der Waals surface area contributed by atoms with Crippen molar-refractivity contribution in [3.63, 3.8) is 0 Å². The van der Waals surface area contributed by atoms with Crippen molar-refractivity contribution in [3.8, 4) is 0 Å². The second-order valence-corrected chi connectivity index (χ2v) is 8.77. The van der Waals surface area contributed by atoms with Crippen LogP contribution in [0.1, 0.15) is 40.5 Å². The van der Waals surface area contributed by atoms with Crippen molar-refractivity contribution >= 4 is 23.3 Å². The molecule has 0 radical (unpaired) electrons. The minimum atomic E-state index is -0.166. The second kappa shape index (κ2) is 4.24. The summed E-state index contributed by atoms with van der Waals surface area (Å²) in [6.45, 7) is 0.917. The molecule has 3 N–H and O–H groups in total. The third-order valence-electron chi connectivity index (χ3n) is 6.24. The molecule has 5 aliphatic rings. The van der Waals surface area contributed by atoms with Gasteiger partial charge in [0.15, 0.2) is 5.78 Å². The van der Waals surface area contributed by atoms with Crippen molar-refractivity contribution < 1.29 is 9.59 Å². The molecule has 0 amide bonds. The normalized spacial score (nSPS) is 38.6. The number of fused-ring (bicyclic) bond motifs is 2. The average Bonchev–Trinajstić information content (AvgIpc) is 3.12. The van der Waals surface area contributed by atoms with Crippen LogP contribution in [0.25, 0.3) is 0 Å². The van der Waals surface area contributed by atoms with Crippen LogP contribution in [0.3, 0.4) is 0 Å². The molecular formula is C18H17N3O2S. The van der Waals surface area contributed by atoms with Gasteiger partial charge < -0.3 is 15.6 Å². The topological polar surface area (TPSA) is 74.0 Å². The highest BCUT2D eigenvalue weighted by atomic mass is 32.2. The van der Waals surface area contributed by atoms with Crippen molar-refractivity contribution in [1.82, 2.24) is 15.6 Å². The van der Waals surface area contributed by atoms with E-state index in [2.05, 4.69) is 21.7 Å². The first-order valence-electron chi connectivity index (χ1n) is 8.54. The molecule has 2 aliphatic carbocycles. The average molecular weight is 339 g/mol. The van der Waals surface area contributed by atoms with E-state index < -0.39 is 0 Å². The zero-order valence-electron chi connectivity index (χ0n) is 13.0. The lowest BCUT2D eigenvalue weighted by molar-refractivity contribution is -0.115. The Hall–Kier alpha value is -1.79. The molecule has 24 heavy (non-hydrogen) atoms. The van der Waals surface area contributed by atoms with E-state index in [1.807, 2.05) is 18.0 Å². The molecule has 0 aromatic carbocycles. The standard InChI is InChI=1S/C18H17N3O2S/c22-9-1-3-18-6-11(24-10(18)5-9)21-16-13(18)14-12-8(2-4-19-14)7-20-15(12)17(16)23/h1,3,7,10-11,14,19-21H,2,4-6H2. The number of H-pyrrole nitrogens is 1. The van der Waals surface area contributed by atoms with Crippen LogP contribution in [0.15, 0.2) is 29.6 Å². The van der Waals surface area contributed by atoms with Gasteiger partial charge in [0.25, 0.3) is 0 Å². The fourth-order valence-electron chi connectivity index (χ4n) is 5.26. The molecule has 4 atom stereocenters. The summed E-state index contributed by atoms with van der Waals surface area (Å²) in [6.07, 6.45) is 8.34. The summed E-state index contributed by atoms with van der Waals surface area (Å²) in [4.78, 5) is 28.3. The summed E-state index contributed by atoms with van der Waals surface area (Å²) in [7, 11) is 0. The molecule has 5 nitrogen and oxygen atoms in total. The molecule has 1 saturated heterocycles. The maximum atomic E-state index is 13.1. The van der Waals surface area contributed by atoms with Gasteiger partial charge in [-0.2, -0.15) is 0 Å². The first-order valence-corrected chi connectivity index (χ1v) is 9.48. The number of hydrogen-bond donors (Lipinski definition) is 3. The van der Waals surface area contributed by atoms with Gasteiger partial charge >= 0.3 is 0 Å². The smallest absolute Gasteiger partial charge is 0.225 e. The van der Waals surface area contributed by atoms with Crippen LogP contribution in [0, 0.1) is 5.41 Å². The van der Waals surface area contributed by atoms with Crippen molar-refractivity contribution in [2.45, 2.75) is 35.9 Å². The number of rotatable bonds is 0. The predicted octanol–water partition coefficient (Wildman–Crippen LogP) is 1.60. The van der Waals surface area contributed by atoms with E-state index in [-0.39, 0.29) is 33.6 Å². The van der Waals surface area contributed by atoms with Crippen molar-refractivity contribution in [3.05, 3.63) is 46.4 Å². The van der Waals surface area contributed by atoms with Crippen LogP contribution >= 0.6 is 11.8 Å². The van der Waals surface area contributed by atoms with E-state index in [9.17, 15) is 9.59 Å². The third kappa shape index (κ3) is 1.43. The largest absolute Gasteiger partial charge is 0.370 e. The van der Waals surface area contributed by atoms with Gasteiger partial charge in [-0.3, -0.25) is 9.59 Å². The Labute approximate surface area is 143 Å². The van der Waals surface area contributed by atoms with E-state index in [0.29, 0.717) is 6.42 Å². The summed E-state index contributed by atoms with van der Waals surface area (Å²) in [5, 5.41) is 7.59. The summed E-state index contributed by atoms with van der Waals surface area (Å²) in [6, 6.07) is 0.0789. The second-order valence-electron chi connectivity index (χ2n) is 7.36. The zero-order chi connectivity index (χ0) is 16.1. The van der Waals surface area contributed by atoms with Crippen LogP contribution in [-0.4, -0.2) is 33.7 Å². The van der Waals surface area contributed by atoms with Crippen molar-refractivity contribution in [1.29, 1.82) is 0 Å². The summed E-state index contributed by atoms with van der Waals surface area (Å²) in [5.74, 6) is 0.288. The molecule has 3 aliphatic heterocycles. The molecule has 1 spiro atoms. The number of aromatic amines is 1. The van der Waals surface area contributed by atoms with E-state index in [1.165, 1.54) is 11.1 Å². The Morgan fingerprint density at radius 1 is 1.29 bits per heavy atom. The van der Waals surface area contributed by atoms with E-state index >= 15 is 0 Å². The van der Waals surface area contributed by atoms with Crippen LogP contribution < -0.4 is 10.6 Å². The van der Waals surface area contributed by atoms with E-state index in [1.54, 1.807) is 6.08 Å². The van der Waals surface area contributed by atoms with Crippen LogP contribution in [-0.2, 0) is 11.2 Å². The molecule has 0 saturated carbocycles. The van der Waals surface area contributed by atoms with E-state index in [0.717, 1.165) is 36.3 Å². The van der Waals surface area contributed by atoms with Crippen LogP contribution in [0.5, 0.6) is 0 Å². The highest BCUT2D eigenvalue weighted by molar-refractivity contribution is 8.00. The Morgan fingerprint density at radius 3 is 3.12 bits per heavy atom. The monoisotopic (exact) mass is 339 g/mol. The number of ketones is 2. The van der Waals surface area contributed by atoms with Gasteiger partial charge in [-0.05, 0) is 30.1 Å². The molecule has 2 bridgehead atoms. The van der Waals surface area contributed by atoms with Crippen molar-refractivity contribution in [2.75, 3.05) is 6.54 Å². The first kappa shape index (κ1) is 13.5. The molecule has 4 unspecified atom stereocenters. The molecule has 6 heteroatoms. The van der Waals surface area contributed by atoms with E-state index in [4.69, 9.17) is 0 Å². The van der Waals surface area contributed by atoms with Gasteiger partial charge in [0.1, 0.15) is 0 Å². The molecule has 6 rings (SSSR count). The van der Waals surface area contributed by atoms with Gasteiger partial charge in [-0.25, -0.2) is 0 Å². The number of carbonyl (C=O) groups is 2. The molecule has 1 aromatic rings. The Kier molecular flexibility index (Phi) is 2.38. The first-order chi connectivity index (χ1) is 11.7. The molecule has 1 fully saturated rings. The zero-order valence-corrected chi connectivity index (χ0v) is 13.8. The molecule has 1 aromatic heterocycles. The summed E-state index contributed by atoms with van der Waals surface area (Å²) < 4.78 is 0. The number of hydrogen-bond acceptors (Lipinski definition) is 5. The van der Waals surface area contributed by atoms with Gasteiger partial charge in [0.2, 0.25) is 5.78 Å². The lowest BCUT2D eigenvalue weighted by atomic mass is 9.62. The van der Waals surface area contributed by atoms with Crippen LogP contribution in [0.4, 0.5) is 0 Å². The summed E-state index contributed by atoms with van der Waals surface area (Å²) >= 11 is 1.83. The fraction of sp³-hybridized carbons (Fsp3) is 0.444. The van der Waals surface area contributed by atoms with Gasteiger partial charge in [0.05, 0.1) is 22.8 Å². The predicted molar refractivity (Wildman–Crippen MR) is 90.7 cm³/mol. The summed E-state index contributed by atoms with van der Waals surface area (Å²) in [5.41, 5.74) is 4.91. The Morgan fingerprint density at radius 2 is 2.21 bits per heavy atom. The highest BCUT2D eigenvalue weighted by Crippen LogP contribution is 2.62. The van der Waals surface area contributed by atoms with Crippen molar-refractivity contribution in [2.24, 2.45) is 5.41 Å². The highest BCUT2D eigenvalue weighted by Gasteiger charge is 2.59. The van der Waals surface area contributed by atoms with Crippen LogP contribution in [0.2, 0.25) is 0 Å². The minimum absolute atomic E-state index is 0.0789. The number of thioether (sulfide) groups is 1. The van der Waals surface area contributed by atoms with Gasteiger partial charge in [-0.1, -0.05) is 6.08 Å². The Bertz CT molecular complexity index is 883. The lowest BCUT2D eigenvalue weighted by Crippen LogP contribution is -2.49. The number of carbonyl (C=O) groups excluding carboxylic acids is 2. The lowest BCUT2D eigenvalue weighted by Gasteiger charge is -2.46. The number of Topliss-reactive ketones (excluding diaryl/α,β-unsaturated/α-hetero) is 1. The Balaban J connectivity index is 1.63. The molecule has 122 valence electrons. The maximum absolute atomic E-state index is 13.1. The maximum Gasteiger partial charge on any atom is 0.225 e. The SMILES string of the molecule is O=C1C=CC23CC(NC4=C2C2NCCc5c[nH]c(c52)C4=O)SC3C1. The number of aromatic nitrogens is 1. The fourth-order valence-corrected chi connectivity index (χ4v) is 7.02. The molecule has 4 heterocycles. The van der Waals surface area contributed by atoms with Gasteiger partial charge in [-0.15, -0.1) is 11.8 Å².